The molecular weight excluding hydrogens is 284 g/mol. The number of halogens is 1. The summed E-state index contributed by atoms with van der Waals surface area (Å²) in [5.74, 6) is 3.22. The summed E-state index contributed by atoms with van der Waals surface area (Å²) in [4.78, 5) is 4.68. The van der Waals surface area contributed by atoms with Gasteiger partial charge in [-0.25, -0.2) is 4.98 Å². The molecule has 0 aromatic carbocycles. The van der Waals surface area contributed by atoms with Crippen LogP contribution in [0.15, 0.2) is 0 Å². The van der Waals surface area contributed by atoms with Crippen LogP contribution < -0.4 is 0 Å². The molecular formula is C16H25ClN4. The fourth-order valence-electron chi connectivity index (χ4n) is 3.65. The number of hydrogen-bond acceptors (Lipinski definition) is 2. The molecule has 0 spiro atoms. The summed E-state index contributed by atoms with van der Waals surface area (Å²) >= 11 is 6.09. The Hall–Kier alpha value is -1.03. The van der Waals surface area contributed by atoms with Crippen LogP contribution in [0.2, 0.25) is 0 Å². The van der Waals surface area contributed by atoms with E-state index in [-0.39, 0.29) is 0 Å². The van der Waals surface area contributed by atoms with E-state index in [1.165, 1.54) is 32.1 Å². The topological polar surface area (TPSA) is 35.6 Å². The molecule has 116 valence electrons. The van der Waals surface area contributed by atoms with E-state index >= 15 is 0 Å². The van der Waals surface area contributed by atoms with Gasteiger partial charge in [-0.05, 0) is 25.2 Å². The second-order valence-electron chi connectivity index (χ2n) is 6.61. The van der Waals surface area contributed by atoms with E-state index in [0.717, 1.165) is 41.1 Å². The van der Waals surface area contributed by atoms with Crippen molar-refractivity contribution in [2.75, 3.05) is 0 Å². The van der Waals surface area contributed by atoms with Crippen LogP contribution in [0.25, 0.3) is 11.2 Å². The normalized spacial score (nSPS) is 23.0. The fourth-order valence-corrected chi connectivity index (χ4v) is 3.85. The third-order valence-corrected chi connectivity index (χ3v) is 5.22. The highest BCUT2D eigenvalue weighted by molar-refractivity contribution is 6.16. The van der Waals surface area contributed by atoms with Crippen molar-refractivity contribution in [2.24, 2.45) is 18.9 Å². The van der Waals surface area contributed by atoms with Crippen molar-refractivity contribution in [2.45, 2.75) is 58.4 Å². The number of aromatic nitrogens is 4. The maximum Gasteiger partial charge on any atom is 0.158 e. The van der Waals surface area contributed by atoms with Crippen LogP contribution in [0.5, 0.6) is 0 Å². The summed E-state index contributed by atoms with van der Waals surface area (Å²) in [6.45, 7) is 5.40. The first-order chi connectivity index (χ1) is 10.1. The zero-order chi connectivity index (χ0) is 15.0. The number of fused-ring (bicyclic) bond motifs is 1. The number of nitrogens with zero attached hydrogens (tertiary/aromatic N) is 4. The number of hydrogen-bond donors (Lipinski definition) is 0. The number of imidazole rings is 1. The molecule has 0 aliphatic heterocycles. The van der Waals surface area contributed by atoms with Gasteiger partial charge in [0.15, 0.2) is 5.65 Å². The van der Waals surface area contributed by atoms with Crippen molar-refractivity contribution >= 4 is 22.8 Å². The van der Waals surface area contributed by atoms with Crippen LogP contribution in [-0.2, 0) is 19.5 Å². The minimum Gasteiger partial charge on any atom is -0.312 e. The summed E-state index contributed by atoms with van der Waals surface area (Å²) < 4.78 is 4.22. The predicted octanol–water partition coefficient (Wildman–Crippen LogP) is 4.03. The molecule has 1 aliphatic carbocycles. The van der Waals surface area contributed by atoms with Gasteiger partial charge in [0.25, 0.3) is 0 Å². The fraction of sp³-hybridized carbons (Fsp3) is 0.750. The Labute approximate surface area is 131 Å². The molecule has 21 heavy (non-hydrogen) atoms. The average molecular weight is 309 g/mol. The first-order valence-electron chi connectivity index (χ1n) is 8.04. The summed E-state index contributed by atoms with van der Waals surface area (Å²) in [6.07, 6.45) is 6.75. The number of alkyl halides is 1. The van der Waals surface area contributed by atoms with Gasteiger partial charge in [0.1, 0.15) is 11.3 Å². The Morgan fingerprint density at radius 3 is 2.62 bits per heavy atom. The molecule has 2 aromatic rings. The Morgan fingerprint density at radius 1 is 1.24 bits per heavy atom. The lowest BCUT2D eigenvalue weighted by molar-refractivity contribution is 0.268. The monoisotopic (exact) mass is 308 g/mol. The quantitative estimate of drug-likeness (QED) is 0.799. The molecule has 2 heterocycles. The van der Waals surface area contributed by atoms with E-state index in [9.17, 15) is 0 Å². The Kier molecular flexibility index (Phi) is 4.25. The third-order valence-electron chi connectivity index (χ3n) is 4.99. The van der Waals surface area contributed by atoms with Crippen LogP contribution in [0.3, 0.4) is 0 Å². The zero-order valence-electron chi connectivity index (χ0n) is 13.3. The number of rotatable bonds is 4. The standard InChI is InChI=1S/C16H25ClN4/c1-11-4-6-13(7-5-11)8-9-21-14(10-17)18-15-12(2)19-20(3)16(15)21/h11,13H,4-10H2,1-3H3. The molecule has 3 rings (SSSR count). The van der Waals surface area contributed by atoms with Crippen LogP contribution >= 0.6 is 11.6 Å². The Bertz CT molecular complexity index is 620. The average Bonchev–Trinajstić information content (AvgIpc) is 2.97. The molecule has 0 amide bonds. The lowest BCUT2D eigenvalue weighted by Gasteiger charge is -2.26. The van der Waals surface area contributed by atoms with E-state index < -0.39 is 0 Å². The minimum atomic E-state index is 0.468. The summed E-state index contributed by atoms with van der Waals surface area (Å²) in [6, 6.07) is 0. The molecule has 0 saturated heterocycles. The van der Waals surface area contributed by atoms with E-state index in [0.29, 0.717) is 5.88 Å². The van der Waals surface area contributed by atoms with Gasteiger partial charge in [0, 0.05) is 13.6 Å². The second-order valence-corrected chi connectivity index (χ2v) is 6.88. The molecule has 1 aliphatic rings. The van der Waals surface area contributed by atoms with Crippen LogP contribution in [0.4, 0.5) is 0 Å². The van der Waals surface area contributed by atoms with Gasteiger partial charge in [0.2, 0.25) is 0 Å². The Balaban J connectivity index is 1.79. The van der Waals surface area contributed by atoms with Gasteiger partial charge in [-0.3, -0.25) is 4.68 Å². The highest BCUT2D eigenvalue weighted by atomic mass is 35.5. The van der Waals surface area contributed by atoms with Gasteiger partial charge in [-0.15, -0.1) is 11.6 Å². The smallest absolute Gasteiger partial charge is 0.158 e. The summed E-state index contributed by atoms with van der Waals surface area (Å²) in [7, 11) is 1.99. The molecule has 0 unspecified atom stereocenters. The highest BCUT2D eigenvalue weighted by Crippen LogP contribution is 2.31. The van der Waals surface area contributed by atoms with E-state index in [4.69, 9.17) is 11.6 Å². The van der Waals surface area contributed by atoms with Gasteiger partial charge in [-0.1, -0.05) is 32.6 Å². The first kappa shape index (κ1) is 14.9. The third kappa shape index (κ3) is 2.83. The molecule has 2 aromatic heterocycles. The largest absolute Gasteiger partial charge is 0.312 e. The summed E-state index contributed by atoms with van der Waals surface area (Å²) in [5.41, 5.74) is 3.11. The zero-order valence-corrected chi connectivity index (χ0v) is 14.0. The molecule has 1 saturated carbocycles. The van der Waals surface area contributed by atoms with Crippen molar-refractivity contribution in [3.63, 3.8) is 0 Å². The molecule has 0 N–H and O–H groups in total. The first-order valence-corrected chi connectivity index (χ1v) is 8.58. The molecule has 0 radical (unpaired) electrons. The lowest BCUT2D eigenvalue weighted by Crippen LogP contribution is -2.15. The second kappa shape index (κ2) is 5.99. The van der Waals surface area contributed by atoms with Crippen molar-refractivity contribution in [3.05, 3.63) is 11.5 Å². The van der Waals surface area contributed by atoms with Crippen molar-refractivity contribution < 1.29 is 0 Å². The summed E-state index contributed by atoms with van der Waals surface area (Å²) in [5, 5.41) is 4.48. The van der Waals surface area contributed by atoms with Crippen molar-refractivity contribution in [1.29, 1.82) is 0 Å². The minimum absolute atomic E-state index is 0.468. The molecule has 0 atom stereocenters. The molecule has 4 nitrogen and oxygen atoms in total. The SMILES string of the molecule is Cc1nn(C)c2c1nc(CCl)n2CCC1CCC(C)CC1. The van der Waals surface area contributed by atoms with Gasteiger partial charge >= 0.3 is 0 Å². The van der Waals surface area contributed by atoms with Gasteiger partial charge < -0.3 is 4.57 Å². The van der Waals surface area contributed by atoms with Crippen LogP contribution in [-0.4, -0.2) is 19.3 Å². The maximum atomic E-state index is 6.09. The highest BCUT2D eigenvalue weighted by Gasteiger charge is 2.21. The maximum absolute atomic E-state index is 6.09. The number of aryl methyl sites for hydroxylation is 3. The predicted molar refractivity (Wildman–Crippen MR) is 86.5 cm³/mol. The van der Waals surface area contributed by atoms with Crippen molar-refractivity contribution in [1.82, 2.24) is 19.3 Å². The van der Waals surface area contributed by atoms with Crippen LogP contribution in [0.1, 0.15) is 50.5 Å². The molecule has 1 fully saturated rings. The van der Waals surface area contributed by atoms with Gasteiger partial charge in [0.05, 0.1) is 11.6 Å². The van der Waals surface area contributed by atoms with E-state index in [1.54, 1.807) is 0 Å². The van der Waals surface area contributed by atoms with Crippen LogP contribution in [0, 0.1) is 18.8 Å². The lowest BCUT2D eigenvalue weighted by atomic mass is 9.81. The van der Waals surface area contributed by atoms with Gasteiger partial charge in [-0.2, -0.15) is 5.10 Å². The van der Waals surface area contributed by atoms with E-state index in [2.05, 4.69) is 21.6 Å². The molecule has 5 heteroatoms. The van der Waals surface area contributed by atoms with Crippen molar-refractivity contribution in [3.8, 4) is 0 Å². The molecule has 0 bridgehead atoms. The van der Waals surface area contributed by atoms with E-state index in [1.807, 2.05) is 18.7 Å². The Morgan fingerprint density at radius 2 is 1.95 bits per heavy atom.